The van der Waals surface area contributed by atoms with Crippen LogP contribution in [0.1, 0.15) is 32.6 Å². The molecule has 0 heterocycles. The highest BCUT2D eigenvalue weighted by atomic mass is 15.1. The number of nitriles is 1. The van der Waals surface area contributed by atoms with Crippen LogP contribution in [0.2, 0.25) is 0 Å². The number of anilines is 1. The Morgan fingerprint density at radius 3 is 2.63 bits per heavy atom. The summed E-state index contributed by atoms with van der Waals surface area (Å²) in [6, 6.07) is 13.4. The Hall–Kier alpha value is -1.53. The SMILES string of the molecule is CN(CCCC(C)(C#N)NC1CC1)c1ccccc1. The van der Waals surface area contributed by atoms with E-state index >= 15 is 0 Å². The maximum Gasteiger partial charge on any atom is 0.104 e. The fourth-order valence-electron chi connectivity index (χ4n) is 2.32. The molecule has 1 unspecified atom stereocenters. The Morgan fingerprint density at radius 1 is 1.37 bits per heavy atom. The highest BCUT2D eigenvalue weighted by Gasteiger charge is 2.31. The second-order valence-electron chi connectivity index (χ2n) is 5.72. The molecular weight excluding hydrogens is 234 g/mol. The van der Waals surface area contributed by atoms with E-state index in [0.717, 1.165) is 19.4 Å². The summed E-state index contributed by atoms with van der Waals surface area (Å²) >= 11 is 0. The van der Waals surface area contributed by atoms with Crippen molar-refractivity contribution < 1.29 is 0 Å². The quantitative estimate of drug-likeness (QED) is 0.816. The topological polar surface area (TPSA) is 39.1 Å². The van der Waals surface area contributed by atoms with E-state index < -0.39 is 0 Å². The summed E-state index contributed by atoms with van der Waals surface area (Å²) in [5, 5.41) is 12.8. The minimum Gasteiger partial charge on any atom is -0.375 e. The Morgan fingerprint density at radius 2 is 2.05 bits per heavy atom. The molecule has 0 bridgehead atoms. The predicted molar refractivity (Wildman–Crippen MR) is 79.1 cm³/mol. The third kappa shape index (κ3) is 4.25. The van der Waals surface area contributed by atoms with Gasteiger partial charge in [0.05, 0.1) is 6.07 Å². The predicted octanol–water partition coefficient (Wildman–Crippen LogP) is 2.94. The summed E-state index contributed by atoms with van der Waals surface area (Å²) in [5.74, 6) is 0. The standard InChI is InChI=1S/C16H23N3/c1-16(13-17,18-14-9-10-14)11-6-12-19(2)15-7-4-3-5-8-15/h3-5,7-8,14,18H,6,9-12H2,1-2H3. The minimum absolute atomic E-state index is 0.362. The van der Waals surface area contributed by atoms with Gasteiger partial charge in [-0.25, -0.2) is 0 Å². The van der Waals surface area contributed by atoms with Gasteiger partial charge in [0.15, 0.2) is 0 Å². The summed E-state index contributed by atoms with van der Waals surface area (Å²) in [6.45, 7) is 3.00. The Kier molecular flexibility index (Phi) is 4.44. The first-order valence-electron chi connectivity index (χ1n) is 7.08. The number of para-hydroxylation sites is 1. The first kappa shape index (κ1) is 13.9. The van der Waals surface area contributed by atoms with Crippen molar-refractivity contribution in [1.29, 1.82) is 5.26 Å². The number of nitrogens with zero attached hydrogens (tertiary/aromatic N) is 2. The Balaban J connectivity index is 1.77. The van der Waals surface area contributed by atoms with Gasteiger partial charge in [-0.05, 0) is 44.7 Å². The molecule has 102 valence electrons. The molecule has 1 aliphatic rings. The second-order valence-corrected chi connectivity index (χ2v) is 5.72. The van der Waals surface area contributed by atoms with Crippen LogP contribution in [0, 0.1) is 11.3 Å². The van der Waals surface area contributed by atoms with Crippen LogP contribution in [-0.4, -0.2) is 25.2 Å². The third-order valence-electron chi connectivity index (χ3n) is 3.71. The molecule has 0 radical (unpaired) electrons. The molecule has 2 rings (SSSR count). The van der Waals surface area contributed by atoms with Crippen LogP contribution in [0.15, 0.2) is 30.3 Å². The number of hydrogen-bond acceptors (Lipinski definition) is 3. The first-order valence-corrected chi connectivity index (χ1v) is 7.08. The summed E-state index contributed by atoms with van der Waals surface area (Å²) in [5.41, 5.74) is 0.870. The Labute approximate surface area is 116 Å². The van der Waals surface area contributed by atoms with Crippen molar-refractivity contribution >= 4 is 5.69 Å². The van der Waals surface area contributed by atoms with Crippen LogP contribution in [0.25, 0.3) is 0 Å². The van der Waals surface area contributed by atoms with Gasteiger partial charge in [0.25, 0.3) is 0 Å². The fraction of sp³-hybridized carbons (Fsp3) is 0.562. The van der Waals surface area contributed by atoms with Gasteiger partial charge in [-0.2, -0.15) is 5.26 Å². The molecule has 3 nitrogen and oxygen atoms in total. The van der Waals surface area contributed by atoms with E-state index in [4.69, 9.17) is 0 Å². The Bertz CT molecular complexity index is 433. The number of rotatable bonds is 7. The average Bonchev–Trinajstić information content (AvgIpc) is 3.23. The van der Waals surface area contributed by atoms with Crippen molar-refractivity contribution in [1.82, 2.24) is 5.32 Å². The monoisotopic (exact) mass is 257 g/mol. The van der Waals surface area contributed by atoms with Gasteiger partial charge in [0.1, 0.15) is 5.54 Å². The molecule has 1 fully saturated rings. The van der Waals surface area contributed by atoms with Gasteiger partial charge in [-0.1, -0.05) is 18.2 Å². The van der Waals surface area contributed by atoms with Crippen LogP contribution < -0.4 is 10.2 Å². The van der Waals surface area contributed by atoms with Crippen LogP contribution in [0.4, 0.5) is 5.69 Å². The van der Waals surface area contributed by atoms with Gasteiger partial charge in [-0.15, -0.1) is 0 Å². The average molecular weight is 257 g/mol. The number of nitrogens with one attached hydrogen (secondary N) is 1. The molecule has 1 aromatic carbocycles. The largest absolute Gasteiger partial charge is 0.375 e. The van der Waals surface area contributed by atoms with E-state index in [2.05, 4.69) is 47.6 Å². The van der Waals surface area contributed by atoms with E-state index in [1.807, 2.05) is 13.0 Å². The first-order chi connectivity index (χ1) is 9.13. The zero-order valence-electron chi connectivity index (χ0n) is 11.9. The third-order valence-corrected chi connectivity index (χ3v) is 3.71. The summed E-state index contributed by atoms with van der Waals surface area (Å²) in [4.78, 5) is 2.24. The fourth-order valence-corrected chi connectivity index (χ4v) is 2.32. The molecule has 19 heavy (non-hydrogen) atoms. The van der Waals surface area contributed by atoms with E-state index in [1.165, 1.54) is 18.5 Å². The molecule has 0 aromatic heterocycles. The highest BCUT2D eigenvalue weighted by molar-refractivity contribution is 5.44. The molecule has 1 atom stereocenters. The molecule has 3 heteroatoms. The maximum atomic E-state index is 9.32. The molecular formula is C16H23N3. The van der Waals surface area contributed by atoms with Gasteiger partial charge in [0, 0.05) is 25.3 Å². The zero-order valence-corrected chi connectivity index (χ0v) is 11.9. The van der Waals surface area contributed by atoms with Crippen LogP contribution in [0.3, 0.4) is 0 Å². The van der Waals surface area contributed by atoms with E-state index in [1.54, 1.807) is 0 Å². The van der Waals surface area contributed by atoms with E-state index in [9.17, 15) is 5.26 Å². The number of benzene rings is 1. The van der Waals surface area contributed by atoms with Crippen molar-refractivity contribution in [2.75, 3.05) is 18.5 Å². The lowest BCUT2D eigenvalue weighted by Gasteiger charge is -2.25. The normalized spacial score (nSPS) is 17.5. The lowest BCUT2D eigenvalue weighted by molar-refractivity contribution is 0.405. The summed E-state index contributed by atoms with van der Waals surface area (Å²) < 4.78 is 0. The molecule has 1 aliphatic carbocycles. The van der Waals surface area contributed by atoms with Crippen molar-refractivity contribution in [3.05, 3.63) is 30.3 Å². The lowest BCUT2D eigenvalue weighted by atomic mass is 9.97. The molecule has 1 aromatic rings. The van der Waals surface area contributed by atoms with Crippen molar-refractivity contribution in [3.8, 4) is 6.07 Å². The number of hydrogen-bond donors (Lipinski definition) is 1. The lowest BCUT2D eigenvalue weighted by Crippen LogP contribution is -2.42. The smallest absolute Gasteiger partial charge is 0.104 e. The summed E-state index contributed by atoms with van der Waals surface area (Å²) in [6.07, 6.45) is 4.37. The summed E-state index contributed by atoms with van der Waals surface area (Å²) in [7, 11) is 2.10. The maximum absolute atomic E-state index is 9.32. The van der Waals surface area contributed by atoms with Gasteiger partial charge < -0.3 is 4.90 Å². The van der Waals surface area contributed by atoms with Crippen LogP contribution >= 0.6 is 0 Å². The van der Waals surface area contributed by atoms with Crippen molar-refractivity contribution in [2.45, 2.75) is 44.2 Å². The molecule has 1 saturated carbocycles. The molecule has 0 amide bonds. The molecule has 0 saturated heterocycles. The van der Waals surface area contributed by atoms with Gasteiger partial charge >= 0.3 is 0 Å². The van der Waals surface area contributed by atoms with Crippen LogP contribution in [-0.2, 0) is 0 Å². The van der Waals surface area contributed by atoms with Crippen molar-refractivity contribution in [2.24, 2.45) is 0 Å². The van der Waals surface area contributed by atoms with Crippen LogP contribution in [0.5, 0.6) is 0 Å². The van der Waals surface area contributed by atoms with Gasteiger partial charge in [-0.3, -0.25) is 5.32 Å². The van der Waals surface area contributed by atoms with Gasteiger partial charge in [0.2, 0.25) is 0 Å². The van der Waals surface area contributed by atoms with E-state index in [0.29, 0.717) is 6.04 Å². The zero-order chi connectivity index (χ0) is 13.7. The minimum atomic E-state index is -0.362. The molecule has 0 aliphatic heterocycles. The van der Waals surface area contributed by atoms with E-state index in [-0.39, 0.29) is 5.54 Å². The molecule has 0 spiro atoms. The highest BCUT2D eigenvalue weighted by Crippen LogP contribution is 2.24. The van der Waals surface area contributed by atoms with Crippen molar-refractivity contribution in [3.63, 3.8) is 0 Å². The second kappa shape index (κ2) is 6.08. The molecule has 1 N–H and O–H groups in total.